The maximum absolute atomic E-state index is 12.7. The van der Waals surface area contributed by atoms with Gasteiger partial charge < -0.3 is 15.5 Å². The molecular weight excluding hydrogens is 412 g/mol. The third-order valence-corrected chi connectivity index (χ3v) is 6.55. The molecule has 2 N–H and O–H groups in total. The summed E-state index contributed by atoms with van der Waals surface area (Å²) in [7, 11) is -3.24. The molecule has 0 aliphatic carbocycles. The van der Waals surface area contributed by atoms with E-state index in [0.717, 1.165) is 18.5 Å². The minimum Gasteiger partial charge on any atom is -0.357 e. The maximum atomic E-state index is 12.7. The fourth-order valence-electron chi connectivity index (χ4n) is 3.72. The molecule has 0 fully saturated rings. The van der Waals surface area contributed by atoms with Crippen LogP contribution in [0.4, 0.5) is 0 Å². The molecule has 0 atom stereocenters. The van der Waals surface area contributed by atoms with Gasteiger partial charge in [0.05, 0.1) is 18.0 Å². The average Bonchev–Trinajstić information content (AvgIpc) is 2.74. The third kappa shape index (κ3) is 6.07. The minimum atomic E-state index is -3.24. The summed E-state index contributed by atoms with van der Waals surface area (Å²) >= 11 is 0. The van der Waals surface area contributed by atoms with Crippen LogP contribution in [0, 0.1) is 6.92 Å². The van der Waals surface area contributed by atoms with Crippen molar-refractivity contribution < 1.29 is 13.2 Å². The highest BCUT2D eigenvalue weighted by atomic mass is 32.2. The first-order valence-electron chi connectivity index (χ1n) is 10.4. The SMILES string of the molecule is CCNC(=NCc1ccc(S(C)(=O)=O)c(C)c1)NCC(=O)N1CCc2ccccc2C1. The molecule has 8 heteroatoms. The van der Waals surface area contributed by atoms with Crippen molar-refractivity contribution in [2.24, 2.45) is 4.99 Å². The summed E-state index contributed by atoms with van der Waals surface area (Å²) < 4.78 is 23.6. The molecule has 0 radical (unpaired) electrons. The second-order valence-corrected chi connectivity index (χ2v) is 9.74. The van der Waals surface area contributed by atoms with Crippen LogP contribution in [-0.4, -0.2) is 51.1 Å². The van der Waals surface area contributed by atoms with Gasteiger partial charge in [0.25, 0.3) is 0 Å². The van der Waals surface area contributed by atoms with Crippen LogP contribution in [0.5, 0.6) is 0 Å². The van der Waals surface area contributed by atoms with Crippen molar-refractivity contribution in [1.29, 1.82) is 0 Å². The van der Waals surface area contributed by atoms with Crippen LogP contribution in [0.25, 0.3) is 0 Å². The first-order chi connectivity index (χ1) is 14.8. The van der Waals surface area contributed by atoms with E-state index in [9.17, 15) is 13.2 Å². The van der Waals surface area contributed by atoms with Crippen molar-refractivity contribution in [3.8, 4) is 0 Å². The van der Waals surface area contributed by atoms with Gasteiger partial charge in [-0.1, -0.05) is 36.4 Å². The number of carbonyl (C=O) groups is 1. The fourth-order valence-corrected chi connectivity index (χ4v) is 4.68. The molecule has 0 spiro atoms. The molecule has 0 saturated carbocycles. The van der Waals surface area contributed by atoms with Gasteiger partial charge >= 0.3 is 0 Å². The normalized spacial score (nSPS) is 14.2. The number of nitrogens with zero attached hydrogens (tertiary/aromatic N) is 2. The van der Waals surface area contributed by atoms with Crippen LogP contribution in [0.15, 0.2) is 52.4 Å². The van der Waals surface area contributed by atoms with Gasteiger partial charge in [0.15, 0.2) is 15.8 Å². The Bertz CT molecular complexity index is 1080. The first kappa shape index (κ1) is 22.8. The topological polar surface area (TPSA) is 90.9 Å². The van der Waals surface area contributed by atoms with Crippen LogP contribution in [0.2, 0.25) is 0 Å². The molecule has 2 aromatic carbocycles. The van der Waals surface area contributed by atoms with Crippen molar-refractivity contribution in [2.75, 3.05) is 25.9 Å². The molecular formula is C23H30N4O3S. The Balaban J connectivity index is 1.60. The van der Waals surface area contributed by atoms with E-state index < -0.39 is 9.84 Å². The highest BCUT2D eigenvalue weighted by molar-refractivity contribution is 7.90. The number of fused-ring (bicyclic) bond motifs is 1. The standard InChI is InChI=1S/C23H30N4O3S/c1-4-24-23(25-14-18-9-10-21(17(2)13-18)31(3,29)30)26-15-22(28)27-12-11-19-7-5-6-8-20(19)16-27/h5-10,13H,4,11-12,14-16H2,1-3H3,(H2,24,25,26). The summed E-state index contributed by atoms with van der Waals surface area (Å²) in [6, 6.07) is 13.5. The molecule has 2 aromatic rings. The first-order valence-corrected chi connectivity index (χ1v) is 12.3. The molecule has 1 aliphatic rings. The lowest BCUT2D eigenvalue weighted by atomic mass is 10.00. The van der Waals surface area contributed by atoms with E-state index in [4.69, 9.17) is 0 Å². The van der Waals surface area contributed by atoms with Crippen LogP contribution < -0.4 is 10.6 Å². The third-order valence-electron chi connectivity index (χ3n) is 5.29. The van der Waals surface area contributed by atoms with Crippen molar-refractivity contribution >= 4 is 21.7 Å². The zero-order chi connectivity index (χ0) is 22.4. The van der Waals surface area contributed by atoms with Crippen LogP contribution in [0.1, 0.15) is 29.2 Å². The zero-order valence-electron chi connectivity index (χ0n) is 18.3. The van der Waals surface area contributed by atoms with Gasteiger partial charge in [0.2, 0.25) is 5.91 Å². The van der Waals surface area contributed by atoms with E-state index in [0.29, 0.717) is 36.1 Å². The molecule has 31 heavy (non-hydrogen) atoms. The lowest BCUT2D eigenvalue weighted by Gasteiger charge is -2.29. The van der Waals surface area contributed by atoms with Crippen LogP contribution >= 0.6 is 0 Å². The van der Waals surface area contributed by atoms with Crippen molar-refractivity contribution in [3.63, 3.8) is 0 Å². The monoisotopic (exact) mass is 442 g/mol. The van der Waals surface area contributed by atoms with Gasteiger partial charge in [-0.15, -0.1) is 0 Å². The number of aryl methyl sites for hydroxylation is 1. The quantitative estimate of drug-likeness (QED) is 0.528. The van der Waals surface area contributed by atoms with E-state index in [-0.39, 0.29) is 12.5 Å². The fraction of sp³-hybridized carbons (Fsp3) is 0.391. The van der Waals surface area contributed by atoms with Gasteiger partial charge in [-0.05, 0) is 48.6 Å². The molecule has 0 aromatic heterocycles. The van der Waals surface area contributed by atoms with Crippen molar-refractivity contribution in [1.82, 2.24) is 15.5 Å². The molecule has 1 amide bonds. The average molecular weight is 443 g/mol. The molecule has 3 rings (SSSR count). The van der Waals surface area contributed by atoms with Crippen LogP contribution in [0.3, 0.4) is 0 Å². The second kappa shape index (κ2) is 9.96. The number of nitrogens with one attached hydrogen (secondary N) is 2. The Hall–Kier alpha value is -2.87. The Morgan fingerprint density at radius 1 is 1.13 bits per heavy atom. The van der Waals surface area contributed by atoms with E-state index in [1.165, 1.54) is 17.4 Å². The molecule has 0 saturated heterocycles. The Morgan fingerprint density at radius 2 is 1.87 bits per heavy atom. The van der Waals surface area contributed by atoms with Gasteiger partial charge in [-0.2, -0.15) is 0 Å². The lowest BCUT2D eigenvalue weighted by Crippen LogP contribution is -2.45. The van der Waals surface area contributed by atoms with E-state index >= 15 is 0 Å². The number of benzene rings is 2. The van der Waals surface area contributed by atoms with E-state index in [1.54, 1.807) is 19.1 Å². The second-order valence-electron chi connectivity index (χ2n) is 7.75. The highest BCUT2D eigenvalue weighted by Crippen LogP contribution is 2.19. The summed E-state index contributed by atoms with van der Waals surface area (Å²) in [6.45, 7) is 6.32. The predicted molar refractivity (Wildman–Crippen MR) is 123 cm³/mol. The smallest absolute Gasteiger partial charge is 0.242 e. The zero-order valence-corrected chi connectivity index (χ0v) is 19.1. The highest BCUT2D eigenvalue weighted by Gasteiger charge is 2.20. The molecule has 0 unspecified atom stereocenters. The number of amides is 1. The van der Waals surface area contributed by atoms with Gasteiger partial charge in [0.1, 0.15) is 0 Å². The molecule has 1 aliphatic heterocycles. The summed E-state index contributed by atoms with van der Waals surface area (Å²) in [5.74, 6) is 0.589. The van der Waals surface area contributed by atoms with Gasteiger partial charge in [-0.25, -0.2) is 13.4 Å². The number of rotatable bonds is 6. The van der Waals surface area contributed by atoms with Crippen LogP contribution in [-0.2, 0) is 34.1 Å². The predicted octanol–water partition coefficient (Wildman–Crippen LogP) is 2.04. The summed E-state index contributed by atoms with van der Waals surface area (Å²) in [4.78, 5) is 19.4. The number of carbonyl (C=O) groups excluding carboxylic acids is 1. The maximum Gasteiger partial charge on any atom is 0.242 e. The Labute approximate surface area is 184 Å². The summed E-state index contributed by atoms with van der Waals surface area (Å²) in [5, 5.41) is 6.26. The molecule has 7 nitrogen and oxygen atoms in total. The van der Waals surface area contributed by atoms with Crippen molar-refractivity contribution in [3.05, 3.63) is 64.7 Å². The van der Waals surface area contributed by atoms with E-state index in [2.05, 4.69) is 27.8 Å². The molecule has 1 heterocycles. The van der Waals surface area contributed by atoms with Gasteiger partial charge in [-0.3, -0.25) is 4.79 Å². The molecule has 0 bridgehead atoms. The Morgan fingerprint density at radius 3 is 2.55 bits per heavy atom. The number of aliphatic imine (C=N–C) groups is 1. The minimum absolute atomic E-state index is 0.0356. The summed E-state index contributed by atoms with van der Waals surface area (Å²) in [5.41, 5.74) is 4.12. The summed E-state index contributed by atoms with van der Waals surface area (Å²) in [6.07, 6.45) is 2.08. The van der Waals surface area contributed by atoms with E-state index in [1.807, 2.05) is 30.0 Å². The van der Waals surface area contributed by atoms with Crippen molar-refractivity contribution in [2.45, 2.75) is 38.3 Å². The number of guanidine groups is 1. The van der Waals surface area contributed by atoms with Gasteiger partial charge in [0, 0.05) is 25.9 Å². The largest absolute Gasteiger partial charge is 0.357 e. The Kier molecular flexibility index (Phi) is 7.33. The molecule has 166 valence electrons. The number of sulfone groups is 1. The lowest BCUT2D eigenvalue weighted by molar-refractivity contribution is -0.130. The number of hydrogen-bond acceptors (Lipinski definition) is 4. The number of hydrogen-bond donors (Lipinski definition) is 2.